The number of carbonyl (C=O) groups excluding carboxylic acids is 1. The van der Waals surface area contributed by atoms with E-state index >= 15 is 0 Å². The Balaban J connectivity index is 1.59. The third-order valence-electron chi connectivity index (χ3n) is 5.88. The average molecular weight is 328 g/mol. The van der Waals surface area contributed by atoms with Crippen molar-refractivity contribution in [1.82, 2.24) is 9.88 Å². The fourth-order valence-corrected chi connectivity index (χ4v) is 3.82. The number of aromatic nitrogens is 1. The first-order valence-electron chi connectivity index (χ1n) is 9.03. The second kappa shape index (κ2) is 6.98. The fourth-order valence-electron chi connectivity index (χ4n) is 3.82. The number of rotatable bonds is 5. The van der Waals surface area contributed by atoms with Crippen LogP contribution in [0.4, 0.5) is 0 Å². The molecule has 3 rings (SSSR count). The highest BCUT2D eigenvalue weighted by Gasteiger charge is 2.33. The van der Waals surface area contributed by atoms with E-state index in [9.17, 15) is 9.90 Å². The van der Waals surface area contributed by atoms with Crippen LogP contribution in [0.5, 0.6) is 0 Å². The van der Waals surface area contributed by atoms with Crippen LogP contribution in [0, 0.1) is 12.3 Å². The Kier molecular flexibility index (Phi) is 4.95. The molecule has 0 saturated carbocycles. The molecule has 1 aromatic heterocycles. The van der Waals surface area contributed by atoms with Gasteiger partial charge in [-0.25, -0.2) is 0 Å². The fraction of sp³-hybridized carbons (Fsp3) is 0.550. The maximum atomic E-state index is 12.5. The van der Waals surface area contributed by atoms with E-state index < -0.39 is 0 Å². The quantitative estimate of drug-likeness (QED) is 0.883. The number of aromatic amines is 1. The van der Waals surface area contributed by atoms with Gasteiger partial charge in [-0.05, 0) is 49.1 Å². The van der Waals surface area contributed by atoms with Gasteiger partial charge in [0.15, 0.2) is 0 Å². The van der Waals surface area contributed by atoms with Gasteiger partial charge >= 0.3 is 0 Å². The molecule has 1 saturated heterocycles. The standard InChI is InChI=1S/C20H28N2O2/c1-3-20(14-23)9-11-22(12-10-20)18(24)8-7-16-13-21-19-15(2)5-4-6-17(16)19/h4-6,13,21,23H,3,7-12,14H2,1-2H3. The number of aliphatic hydroxyl groups excluding tert-OH is 1. The first-order valence-corrected chi connectivity index (χ1v) is 9.03. The van der Waals surface area contributed by atoms with E-state index in [1.54, 1.807) is 0 Å². The van der Waals surface area contributed by atoms with Gasteiger partial charge in [-0.1, -0.05) is 25.1 Å². The zero-order valence-corrected chi connectivity index (χ0v) is 14.8. The monoisotopic (exact) mass is 328 g/mol. The molecule has 1 fully saturated rings. The number of H-pyrrole nitrogens is 1. The minimum absolute atomic E-state index is 0.0329. The summed E-state index contributed by atoms with van der Waals surface area (Å²) in [5.41, 5.74) is 3.66. The van der Waals surface area contributed by atoms with Crippen molar-refractivity contribution >= 4 is 16.8 Å². The number of fused-ring (bicyclic) bond motifs is 1. The van der Waals surface area contributed by atoms with Gasteiger partial charge in [-0.3, -0.25) is 4.79 Å². The third-order valence-corrected chi connectivity index (χ3v) is 5.88. The van der Waals surface area contributed by atoms with E-state index in [1.807, 2.05) is 11.1 Å². The molecule has 0 atom stereocenters. The van der Waals surface area contributed by atoms with Gasteiger partial charge in [0.25, 0.3) is 0 Å². The molecule has 2 aromatic rings. The number of para-hydroxylation sites is 1. The summed E-state index contributed by atoms with van der Waals surface area (Å²) < 4.78 is 0. The number of carbonyl (C=O) groups is 1. The molecule has 4 heteroatoms. The molecular formula is C20H28N2O2. The van der Waals surface area contributed by atoms with Gasteiger partial charge in [0.1, 0.15) is 0 Å². The van der Waals surface area contributed by atoms with Gasteiger partial charge in [0.05, 0.1) is 0 Å². The Bertz CT molecular complexity index is 705. The summed E-state index contributed by atoms with van der Waals surface area (Å²) in [5.74, 6) is 0.236. The zero-order valence-electron chi connectivity index (χ0n) is 14.8. The first kappa shape index (κ1) is 17.0. The summed E-state index contributed by atoms with van der Waals surface area (Å²) in [7, 11) is 0. The molecule has 1 aliphatic heterocycles. The van der Waals surface area contributed by atoms with Crippen LogP contribution in [0.25, 0.3) is 10.9 Å². The van der Waals surface area contributed by atoms with Gasteiger partial charge < -0.3 is 15.0 Å². The summed E-state index contributed by atoms with van der Waals surface area (Å²) >= 11 is 0. The van der Waals surface area contributed by atoms with Crippen molar-refractivity contribution in [2.75, 3.05) is 19.7 Å². The highest BCUT2D eigenvalue weighted by atomic mass is 16.3. The van der Waals surface area contributed by atoms with Gasteiger partial charge in [0.2, 0.25) is 5.91 Å². The second-order valence-electron chi connectivity index (χ2n) is 7.20. The molecule has 0 unspecified atom stereocenters. The lowest BCUT2D eigenvalue weighted by Gasteiger charge is -2.40. The van der Waals surface area contributed by atoms with E-state index in [-0.39, 0.29) is 17.9 Å². The average Bonchev–Trinajstić information content (AvgIpc) is 3.04. The van der Waals surface area contributed by atoms with Crippen LogP contribution in [-0.4, -0.2) is 40.6 Å². The highest BCUT2D eigenvalue weighted by molar-refractivity contribution is 5.86. The van der Waals surface area contributed by atoms with Crippen molar-refractivity contribution in [2.45, 2.75) is 46.0 Å². The molecule has 24 heavy (non-hydrogen) atoms. The van der Waals surface area contributed by atoms with Crippen molar-refractivity contribution < 1.29 is 9.90 Å². The minimum atomic E-state index is 0.0329. The van der Waals surface area contributed by atoms with Crippen molar-refractivity contribution in [3.8, 4) is 0 Å². The normalized spacial score (nSPS) is 17.4. The number of likely N-dealkylation sites (tertiary alicyclic amines) is 1. The van der Waals surface area contributed by atoms with Crippen LogP contribution in [0.3, 0.4) is 0 Å². The predicted octanol–water partition coefficient (Wildman–Crippen LogP) is 3.42. The third kappa shape index (κ3) is 3.20. The van der Waals surface area contributed by atoms with E-state index in [1.165, 1.54) is 22.0 Å². The topological polar surface area (TPSA) is 56.3 Å². The summed E-state index contributed by atoms with van der Waals surface area (Å²) in [5, 5.41) is 10.8. The number of nitrogens with zero attached hydrogens (tertiary/aromatic N) is 1. The summed E-state index contributed by atoms with van der Waals surface area (Å²) in [6, 6.07) is 6.29. The van der Waals surface area contributed by atoms with Gasteiger partial charge in [0, 0.05) is 43.2 Å². The van der Waals surface area contributed by atoms with E-state index in [0.717, 1.165) is 38.8 Å². The Morgan fingerprint density at radius 2 is 2.08 bits per heavy atom. The molecule has 1 aliphatic rings. The largest absolute Gasteiger partial charge is 0.396 e. The maximum absolute atomic E-state index is 12.5. The van der Waals surface area contributed by atoms with Gasteiger partial charge in [-0.2, -0.15) is 0 Å². The van der Waals surface area contributed by atoms with Crippen molar-refractivity contribution in [3.63, 3.8) is 0 Å². The van der Waals surface area contributed by atoms with Crippen molar-refractivity contribution in [1.29, 1.82) is 0 Å². The number of benzene rings is 1. The van der Waals surface area contributed by atoms with E-state index in [4.69, 9.17) is 0 Å². The second-order valence-corrected chi connectivity index (χ2v) is 7.20. The Morgan fingerprint density at radius 1 is 1.33 bits per heavy atom. The highest BCUT2D eigenvalue weighted by Crippen LogP contribution is 2.34. The molecule has 4 nitrogen and oxygen atoms in total. The molecule has 1 aromatic carbocycles. The minimum Gasteiger partial charge on any atom is -0.396 e. The molecule has 0 aliphatic carbocycles. The molecule has 1 amide bonds. The zero-order chi connectivity index (χ0) is 17.2. The molecular weight excluding hydrogens is 300 g/mol. The summed E-state index contributed by atoms with van der Waals surface area (Å²) in [6.07, 6.45) is 6.18. The lowest BCUT2D eigenvalue weighted by molar-refractivity contribution is -0.134. The Hall–Kier alpha value is -1.81. The molecule has 0 radical (unpaired) electrons. The maximum Gasteiger partial charge on any atom is 0.222 e. The lowest BCUT2D eigenvalue weighted by Crippen LogP contribution is -2.44. The number of nitrogens with one attached hydrogen (secondary N) is 1. The SMILES string of the molecule is CCC1(CO)CCN(C(=O)CCc2c[nH]c3c(C)cccc23)CC1. The number of aliphatic hydroxyl groups is 1. The lowest BCUT2D eigenvalue weighted by atomic mass is 9.77. The molecule has 130 valence electrons. The van der Waals surface area contributed by atoms with E-state index in [2.05, 4.69) is 37.0 Å². The number of hydrogen-bond acceptors (Lipinski definition) is 2. The van der Waals surface area contributed by atoms with Crippen LogP contribution >= 0.6 is 0 Å². The Morgan fingerprint density at radius 3 is 2.75 bits per heavy atom. The molecule has 2 N–H and O–H groups in total. The van der Waals surface area contributed by atoms with Gasteiger partial charge in [-0.15, -0.1) is 0 Å². The molecule has 0 bridgehead atoms. The first-order chi connectivity index (χ1) is 11.6. The number of aryl methyl sites for hydroxylation is 2. The van der Waals surface area contributed by atoms with Crippen molar-refractivity contribution in [3.05, 3.63) is 35.5 Å². The predicted molar refractivity (Wildman–Crippen MR) is 97.0 cm³/mol. The summed E-state index contributed by atoms with van der Waals surface area (Å²) in [4.78, 5) is 17.8. The van der Waals surface area contributed by atoms with Crippen LogP contribution in [-0.2, 0) is 11.2 Å². The van der Waals surface area contributed by atoms with Crippen LogP contribution in [0.1, 0.15) is 43.7 Å². The summed E-state index contributed by atoms with van der Waals surface area (Å²) in [6.45, 7) is 6.02. The Labute approximate surface area is 143 Å². The number of amides is 1. The van der Waals surface area contributed by atoms with Crippen LogP contribution < -0.4 is 0 Å². The molecule has 2 heterocycles. The molecule has 0 spiro atoms. The van der Waals surface area contributed by atoms with Crippen molar-refractivity contribution in [2.24, 2.45) is 5.41 Å². The van der Waals surface area contributed by atoms with Crippen LogP contribution in [0.2, 0.25) is 0 Å². The van der Waals surface area contributed by atoms with Crippen LogP contribution in [0.15, 0.2) is 24.4 Å². The smallest absolute Gasteiger partial charge is 0.222 e. The number of hydrogen-bond donors (Lipinski definition) is 2. The number of piperidine rings is 1. The van der Waals surface area contributed by atoms with E-state index in [0.29, 0.717) is 6.42 Å².